The third kappa shape index (κ3) is 4.85. The molecule has 0 radical (unpaired) electrons. The van der Waals surface area contributed by atoms with Gasteiger partial charge in [-0.25, -0.2) is 0 Å². The molecule has 0 fully saturated rings. The number of para-hydroxylation sites is 1. The van der Waals surface area contributed by atoms with Gasteiger partial charge in [0.2, 0.25) is 11.8 Å². The Kier molecular flexibility index (Phi) is 5.65. The molecule has 130 valence electrons. The van der Waals surface area contributed by atoms with Crippen molar-refractivity contribution in [3.63, 3.8) is 0 Å². The number of carbonyl (C=O) groups is 2. The van der Waals surface area contributed by atoms with Gasteiger partial charge in [-0.2, -0.15) is 0 Å². The zero-order valence-corrected chi connectivity index (χ0v) is 15.0. The molecule has 0 saturated carbocycles. The van der Waals surface area contributed by atoms with Crippen LogP contribution in [0.1, 0.15) is 39.7 Å². The predicted molar refractivity (Wildman–Crippen MR) is 96.8 cm³/mol. The number of amides is 2. The molecule has 1 aromatic carbocycles. The second kappa shape index (κ2) is 7.51. The highest BCUT2D eigenvalue weighted by Crippen LogP contribution is 2.19. The number of aryl methyl sites for hydroxylation is 1. The molecule has 0 saturated heterocycles. The van der Waals surface area contributed by atoms with Crippen molar-refractivity contribution in [3.8, 4) is 0 Å². The van der Waals surface area contributed by atoms with E-state index in [0.717, 1.165) is 16.5 Å². The minimum absolute atomic E-state index is 0.00633. The summed E-state index contributed by atoms with van der Waals surface area (Å²) in [5.74, 6) is -0.114. The van der Waals surface area contributed by atoms with Crippen molar-refractivity contribution in [1.82, 2.24) is 15.2 Å². The Morgan fingerprint density at radius 1 is 1.21 bits per heavy atom. The molecule has 0 bridgehead atoms. The lowest BCUT2D eigenvalue weighted by Crippen LogP contribution is -2.47. The fraction of sp³-hybridized carbons (Fsp3) is 0.474. The Morgan fingerprint density at radius 2 is 1.92 bits per heavy atom. The van der Waals surface area contributed by atoms with Crippen molar-refractivity contribution >= 4 is 22.7 Å². The van der Waals surface area contributed by atoms with Crippen molar-refractivity contribution in [2.45, 2.75) is 46.1 Å². The van der Waals surface area contributed by atoms with Crippen molar-refractivity contribution in [2.75, 3.05) is 13.1 Å². The number of nitrogens with zero attached hydrogens (tertiary/aromatic N) is 1. The number of benzene rings is 1. The summed E-state index contributed by atoms with van der Waals surface area (Å²) in [6.07, 6.45) is 3.03. The largest absolute Gasteiger partial charge is 0.361 e. The molecule has 0 atom stereocenters. The minimum atomic E-state index is -0.288. The molecule has 2 amide bonds. The molecule has 2 rings (SSSR count). The number of aromatic nitrogens is 1. The van der Waals surface area contributed by atoms with Gasteiger partial charge in [-0.05, 0) is 45.7 Å². The van der Waals surface area contributed by atoms with E-state index in [2.05, 4.69) is 16.4 Å². The molecule has 24 heavy (non-hydrogen) atoms. The molecule has 5 heteroatoms. The standard InChI is InChI=1S/C19H27N3O2/c1-5-22(13-17(23)21-19(2,3)4)18(24)11-10-14-12-20-16-9-7-6-8-15(14)16/h6-9,12,20H,5,10-11,13H2,1-4H3,(H,21,23). The number of nitrogens with one attached hydrogen (secondary N) is 2. The van der Waals surface area contributed by atoms with Crippen molar-refractivity contribution in [2.24, 2.45) is 0 Å². The van der Waals surface area contributed by atoms with E-state index in [1.165, 1.54) is 0 Å². The Bertz CT molecular complexity index is 713. The van der Waals surface area contributed by atoms with Crippen LogP contribution in [0.2, 0.25) is 0 Å². The van der Waals surface area contributed by atoms with Crippen LogP contribution >= 0.6 is 0 Å². The van der Waals surface area contributed by atoms with Gasteiger partial charge < -0.3 is 15.2 Å². The maximum atomic E-state index is 12.4. The molecule has 0 aliphatic carbocycles. The summed E-state index contributed by atoms with van der Waals surface area (Å²) in [7, 11) is 0. The van der Waals surface area contributed by atoms with Crippen LogP contribution in [0.25, 0.3) is 10.9 Å². The van der Waals surface area contributed by atoms with Crippen LogP contribution in [0, 0.1) is 0 Å². The Morgan fingerprint density at radius 3 is 2.58 bits per heavy atom. The van der Waals surface area contributed by atoms with Gasteiger partial charge in [0.25, 0.3) is 0 Å². The minimum Gasteiger partial charge on any atom is -0.361 e. The van der Waals surface area contributed by atoms with E-state index in [9.17, 15) is 9.59 Å². The highest BCUT2D eigenvalue weighted by atomic mass is 16.2. The van der Waals surface area contributed by atoms with E-state index in [1.807, 2.05) is 52.1 Å². The lowest BCUT2D eigenvalue weighted by atomic mass is 10.1. The van der Waals surface area contributed by atoms with E-state index < -0.39 is 0 Å². The van der Waals surface area contributed by atoms with E-state index in [0.29, 0.717) is 19.4 Å². The highest BCUT2D eigenvalue weighted by molar-refractivity contribution is 5.86. The first-order valence-electron chi connectivity index (χ1n) is 8.44. The Labute approximate surface area is 143 Å². The zero-order chi connectivity index (χ0) is 17.7. The Balaban J connectivity index is 1.93. The van der Waals surface area contributed by atoms with Crippen LogP contribution in [-0.2, 0) is 16.0 Å². The van der Waals surface area contributed by atoms with E-state index >= 15 is 0 Å². The summed E-state index contributed by atoms with van der Waals surface area (Å²) in [5.41, 5.74) is 1.93. The summed E-state index contributed by atoms with van der Waals surface area (Å²) in [6, 6.07) is 8.06. The number of hydrogen-bond acceptors (Lipinski definition) is 2. The molecular weight excluding hydrogens is 302 g/mol. The molecule has 0 spiro atoms. The van der Waals surface area contributed by atoms with Crippen LogP contribution in [0.15, 0.2) is 30.5 Å². The smallest absolute Gasteiger partial charge is 0.240 e. The molecule has 0 unspecified atom stereocenters. The fourth-order valence-electron chi connectivity index (χ4n) is 2.75. The van der Waals surface area contributed by atoms with Crippen LogP contribution in [-0.4, -0.2) is 40.3 Å². The fourth-order valence-corrected chi connectivity index (χ4v) is 2.75. The highest BCUT2D eigenvalue weighted by Gasteiger charge is 2.19. The zero-order valence-electron chi connectivity index (χ0n) is 15.0. The van der Waals surface area contributed by atoms with Crippen molar-refractivity contribution in [1.29, 1.82) is 0 Å². The molecule has 5 nitrogen and oxygen atoms in total. The van der Waals surface area contributed by atoms with Crippen LogP contribution in [0.5, 0.6) is 0 Å². The normalized spacial score (nSPS) is 11.5. The number of likely N-dealkylation sites (N-methyl/N-ethyl adjacent to an activating group) is 1. The van der Waals surface area contributed by atoms with Gasteiger partial charge in [0.05, 0.1) is 6.54 Å². The number of carbonyl (C=O) groups excluding carboxylic acids is 2. The lowest BCUT2D eigenvalue weighted by molar-refractivity contribution is -0.136. The van der Waals surface area contributed by atoms with Gasteiger partial charge in [0.1, 0.15) is 0 Å². The van der Waals surface area contributed by atoms with Crippen LogP contribution < -0.4 is 5.32 Å². The summed E-state index contributed by atoms with van der Waals surface area (Å²) in [6.45, 7) is 8.33. The van der Waals surface area contributed by atoms with Gasteiger partial charge in [-0.1, -0.05) is 18.2 Å². The number of hydrogen-bond donors (Lipinski definition) is 2. The number of fused-ring (bicyclic) bond motifs is 1. The lowest BCUT2D eigenvalue weighted by Gasteiger charge is -2.25. The first-order chi connectivity index (χ1) is 11.3. The predicted octanol–water partition coefficient (Wildman–Crippen LogP) is 2.86. The summed E-state index contributed by atoms with van der Waals surface area (Å²) < 4.78 is 0. The van der Waals surface area contributed by atoms with Crippen LogP contribution in [0.4, 0.5) is 0 Å². The maximum Gasteiger partial charge on any atom is 0.240 e. The molecule has 0 aliphatic rings. The summed E-state index contributed by atoms with van der Waals surface area (Å²) in [4.78, 5) is 29.3. The van der Waals surface area contributed by atoms with Gasteiger partial charge in [0.15, 0.2) is 0 Å². The average molecular weight is 329 g/mol. The Hall–Kier alpha value is -2.30. The van der Waals surface area contributed by atoms with Crippen LogP contribution in [0.3, 0.4) is 0 Å². The van der Waals surface area contributed by atoms with E-state index in [-0.39, 0.29) is 23.9 Å². The number of aromatic amines is 1. The van der Waals surface area contributed by atoms with Crippen molar-refractivity contribution < 1.29 is 9.59 Å². The number of H-pyrrole nitrogens is 1. The number of rotatable bonds is 6. The molecule has 0 aliphatic heterocycles. The second-order valence-electron chi connectivity index (χ2n) is 7.07. The van der Waals surface area contributed by atoms with E-state index in [1.54, 1.807) is 4.90 Å². The monoisotopic (exact) mass is 329 g/mol. The molecular formula is C19H27N3O2. The molecule has 2 N–H and O–H groups in total. The van der Waals surface area contributed by atoms with E-state index in [4.69, 9.17) is 0 Å². The average Bonchev–Trinajstić information content (AvgIpc) is 2.91. The maximum absolute atomic E-state index is 12.4. The molecule has 1 aromatic heterocycles. The molecule has 2 aromatic rings. The summed E-state index contributed by atoms with van der Waals surface area (Å²) >= 11 is 0. The molecule has 1 heterocycles. The first kappa shape index (κ1) is 18.0. The summed E-state index contributed by atoms with van der Waals surface area (Å²) in [5, 5.41) is 4.05. The van der Waals surface area contributed by atoms with Gasteiger partial charge in [-0.3, -0.25) is 9.59 Å². The third-order valence-electron chi connectivity index (χ3n) is 3.87. The van der Waals surface area contributed by atoms with Gasteiger partial charge in [0, 0.05) is 35.6 Å². The topological polar surface area (TPSA) is 65.2 Å². The first-order valence-corrected chi connectivity index (χ1v) is 8.44. The van der Waals surface area contributed by atoms with Crippen molar-refractivity contribution in [3.05, 3.63) is 36.0 Å². The van der Waals surface area contributed by atoms with Gasteiger partial charge >= 0.3 is 0 Å². The second-order valence-corrected chi connectivity index (χ2v) is 7.07. The SMILES string of the molecule is CCN(CC(=O)NC(C)(C)C)C(=O)CCc1c[nH]c2ccccc12. The quantitative estimate of drug-likeness (QED) is 0.856. The van der Waals surface area contributed by atoms with Gasteiger partial charge in [-0.15, -0.1) is 0 Å². The third-order valence-corrected chi connectivity index (χ3v) is 3.87.